The van der Waals surface area contributed by atoms with Crippen molar-refractivity contribution in [3.05, 3.63) is 35.4 Å². The molecule has 0 N–H and O–H groups in total. The fourth-order valence-corrected chi connectivity index (χ4v) is 1.64. The molecule has 1 aromatic rings. The molecular formula is C11H12BrClO. The van der Waals surface area contributed by atoms with E-state index in [2.05, 4.69) is 22.9 Å². The Morgan fingerprint density at radius 2 is 2.00 bits per heavy atom. The number of benzene rings is 1. The van der Waals surface area contributed by atoms with Crippen LogP contribution in [0.5, 0.6) is 0 Å². The minimum absolute atomic E-state index is 0.0882. The van der Waals surface area contributed by atoms with E-state index in [0.717, 1.165) is 12.8 Å². The topological polar surface area (TPSA) is 17.1 Å². The highest BCUT2D eigenvalue weighted by Gasteiger charge is 2.12. The summed E-state index contributed by atoms with van der Waals surface area (Å²) in [5.41, 5.74) is 1.91. The van der Waals surface area contributed by atoms with Crippen molar-refractivity contribution in [2.75, 3.05) is 0 Å². The molecular weight excluding hydrogens is 263 g/mol. The van der Waals surface area contributed by atoms with Crippen LogP contribution in [0.1, 0.15) is 29.3 Å². The van der Waals surface area contributed by atoms with E-state index in [-0.39, 0.29) is 5.78 Å². The lowest BCUT2D eigenvalue weighted by Crippen LogP contribution is -2.07. The average molecular weight is 276 g/mol. The van der Waals surface area contributed by atoms with Crippen molar-refractivity contribution in [3.8, 4) is 0 Å². The van der Waals surface area contributed by atoms with E-state index in [1.807, 2.05) is 24.3 Å². The van der Waals surface area contributed by atoms with Gasteiger partial charge in [0.05, 0.1) is 0 Å². The van der Waals surface area contributed by atoms with Gasteiger partial charge >= 0.3 is 0 Å². The summed E-state index contributed by atoms with van der Waals surface area (Å²) in [4.78, 5) is 11.4. The van der Waals surface area contributed by atoms with Gasteiger partial charge in [-0.15, -0.1) is 11.6 Å². The lowest BCUT2D eigenvalue weighted by molar-refractivity contribution is 0.101. The SMILES string of the molecule is CCCc1ccc(C(=O)C(Cl)Br)cc1. The van der Waals surface area contributed by atoms with Gasteiger partial charge in [-0.1, -0.05) is 53.5 Å². The molecule has 0 aromatic heterocycles. The predicted octanol–water partition coefficient (Wildman–Crippen LogP) is 3.78. The maximum atomic E-state index is 11.4. The summed E-state index contributed by atoms with van der Waals surface area (Å²) in [6.07, 6.45) is 2.16. The Bertz CT molecular complexity index is 306. The minimum Gasteiger partial charge on any atom is -0.292 e. The Morgan fingerprint density at radius 1 is 1.43 bits per heavy atom. The minimum atomic E-state index is -0.625. The summed E-state index contributed by atoms with van der Waals surface area (Å²) in [7, 11) is 0. The zero-order valence-corrected chi connectivity index (χ0v) is 10.3. The summed E-state index contributed by atoms with van der Waals surface area (Å²) in [5.74, 6) is -0.0882. The van der Waals surface area contributed by atoms with Gasteiger partial charge < -0.3 is 0 Å². The number of carbonyl (C=O) groups excluding carboxylic acids is 1. The van der Waals surface area contributed by atoms with Crippen LogP contribution in [0.4, 0.5) is 0 Å². The molecule has 1 nitrogen and oxygen atoms in total. The zero-order chi connectivity index (χ0) is 10.6. The highest BCUT2D eigenvalue weighted by molar-refractivity contribution is 9.10. The molecule has 0 aliphatic heterocycles. The van der Waals surface area contributed by atoms with Gasteiger partial charge in [0.1, 0.15) is 0 Å². The predicted molar refractivity (Wildman–Crippen MR) is 63.3 cm³/mol. The molecule has 0 heterocycles. The smallest absolute Gasteiger partial charge is 0.191 e. The molecule has 0 spiro atoms. The van der Waals surface area contributed by atoms with Gasteiger partial charge in [-0.25, -0.2) is 0 Å². The molecule has 0 bridgehead atoms. The molecule has 3 heteroatoms. The quantitative estimate of drug-likeness (QED) is 0.604. The first-order chi connectivity index (χ1) is 6.65. The molecule has 0 aliphatic rings. The first kappa shape index (κ1) is 11.7. The van der Waals surface area contributed by atoms with Crippen molar-refractivity contribution in [3.63, 3.8) is 0 Å². The van der Waals surface area contributed by atoms with Crippen LogP contribution < -0.4 is 0 Å². The van der Waals surface area contributed by atoms with Crippen molar-refractivity contribution in [2.24, 2.45) is 0 Å². The molecule has 0 saturated carbocycles. The standard InChI is InChI=1S/C11H12BrClO/c1-2-3-8-4-6-9(7-5-8)10(14)11(12)13/h4-7,11H,2-3H2,1H3. The van der Waals surface area contributed by atoms with Crippen molar-refractivity contribution in [1.29, 1.82) is 0 Å². The van der Waals surface area contributed by atoms with Crippen LogP contribution in [0.3, 0.4) is 0 Å². The molecule has 1 atom stereocenters. The Hall–Kier alpha value is -0.340. The average Bonchev–Trinajstić information content (AvgIpc) is 2.18. The lowest BCUT2D eigenvalue weighted by Gasteiger charge is -2.02. The van der Waals surface area contributed by atoms with Gasteiger partial charge in [-0.05, 0) is 12.0 Å². The fourth-order valence-electron chi connectivity index (χ4n) is 1.25. The van der Waals surface area contributed by atoms with Crippen LogP contribution in [0, 0.1) is 0 Å². The molecule has 0 fully saturated rings. The molecule has 1 aromatic carbocycles. The molecule has 0 amide bonds. The van der Waals surface area contributed by atoms with Crippen LogP contribution in [0.2, 0.25) is 0 Å². The van der Waals surface area contributed by atoms with E-state index in [0.29, 0.717) is 5.56 Å². The first-order valence-corrected chi connectivity index (χ1v) is 5.91. The van der Waals surface area contributed by atoms with E-state index >= 15 is 0 Å². The summed E-state index contributed by atoms with van der Waals surface area (Å²) in [6.45, 7) is 2.13. The molecule has 1 rings (SSSR count). The number of ketones is 1. The maximum Gasteiger partial charge on any atom is 0.191 e. The number of Topliss-reactive ketones (excluding diaryl/α,β-unsaturated/α-hetero) is 1. The van der Waals surface area contributed by atoms with Crippen LogP contribution in [-0.2, 0) is 6.42 Å². The Kier molecular flexibility index (Phi) is 4.63. The molecule has 76 valence electrons. The molecule has 0 saturated heterocycles. The third kappa shape index (κ3) is 3.10. The van der Waals surface area contributed by atoms with Crippen molar-refractivity contribution in [1.82, 2.24) is 0 Å². The number of hydrogen-bond acceptors (Lipinski definition) is 1. The van der Waals surface area contributed by atoms with Gasteiger partial charge in [0.25, 0.3) is 0 Å². The Morgan fingerprint density at radius 3 is 2.43 bits per heavy atom. The van der Waals surface area contributed by atoms with Crippen molar-refractivity contribution < 1.29 is 4.79 Å². The zero-order valence-electron chi connectivity index (χ0n) is 7.97. The van der Waals surface area contributed by atoms with Crippen molar-refractivity contribution in [2.45, 2.75) is 24.1 Å². The second kappa shape index (κ2) is 5.52. The van der Waals surface area contributed by atoms with Crippen LogP contribution >= 0.6 is 27.5 Å². The van der Waals surface area contributed by atoms with Gasteiger partial charge in [-0.2, -0.15) is 0 Å². The second-order valence-corrected chi connectivity index (χ2v) is 4.99. The van der Waals surface area contributed by atoms with Gasteiger partial charge in [0, 0.05) is 5.56 Å². The van der Waals surface area contributed by atoms with Crippen molar-refractivity contribution >= 4 is 33.3 Å². The number of alkyl halides is 2. The van der Waals surface area contributed by atoms with Crippen LogP contribution in [0.25, 0.3) is 0 Å². The number of hydrogen-bond donors (Lipinski definition) is 0. The molecule has 14 heavy (non-hydrogen) atoms. The number of aryl methyl sites for hydroxylation is 1. The fraction of sp³-hybridized carbons (Fsp3) is 0.364. The maximum absolute atomic E-state index is 11.4. The van der Waals surface area contributed by atoms with E-state index in [1.54, 1.807) is 0 Å². The summed E-state index contributed by atoms with van der Waals surface area (Å²) < 4.78 is -0.625. The van der Waals surface area contributed by atoms with Crippen LogP contribution in [-0.4, -0.2) is 10.1 Å². The Balaban J connectivity index is 2.78. The van der Waals surface area contributed by atoms with E-state index in [1.165, 1.54) is 5.56 Å². The monoisotopic (exact) mass is 274 g/mol. The third-order valence-corrected chi connectivity index (χ3v) is 2.59. The number of carbonyl (C=O) groups is 1. The van der Waals surface area contributed by atoms with Gasteiger partial charge in [0.2, 0.25) is 0 Å². The molecule has 0 aliphatic carbocycles. The van der Waals surface area contributed by atoms with Crippen LogP contribution in [0.15, 0.2) is 24.3 Å². The highest BCUT2D eigenvalue weighted by atomic mass is 79.9. The van der Waals surface area contributed by atoms with E-state index in [4.69, 9.17) is 11.6 Å². The molecule has 0 radical (unpaired) electrons. The normalized spacial score (nSPS) is 12.5. The van der Waals surface area contributed by atoms with Gasteiger partial charge in [-0.3, -0.25) is 4.79 Å². The Labute approximate surface area is 97.6 Å². The third-order valence-electron chi connectivity index (χ3n) is 1.98. The summed E-state index contributed by atoms with van der Waals surface area (Å²) in [5, 5.41) is 0. The van der Waals surface area contributed by atoms with Gasteiger partial charge in [0.15, 0.2) is 10.1 Å². The number of rotatable bonds is 4. The first-order valence-electron chi connectivity index (χ1n) is 4.56. The second-order valence-electron chi connectivity index (χ2n) is 3.11. The summed E-state index contributed by atoms with van der Waals surface area (Å²) in [6, 6.07) is 7.60. The lowest BCUT2D eigenvalue weighted by atomic mass is 10.1. The molecule has 1 unspecified atom stereocenters. The van der Waals surface area contributed by atoms with E-state index in [9.17, 15) is 4.79 Å². The summed E-state index contributed by atoms with van der Waals surface area (Å²) >= 11 is 8.67. The highest BCUT2D eigenvalue weighted by Crippen LogP contribution is 2.14. The number of halogens is 2. The van der Waals surface area contributed by atoms with E-state index < -0.39 is 4.29 Å². The largest absolute Gasteiger partial charge is 0.292 e.